The summed E-state index contributed by atoms with van der Waals surface area (Å²) in [7, 11) is 1.38. The smallest absolute Gasteiger partial charge is 0.275 e. The molecule has 0 saturated carbocycles. The molecule has 0 bridgehead atoms. The lowest BCUT2D eigenvalue weighted by molar-refractivity contribution is -0.384. The highest BCUT2D eigenvalue weighted by atomic mass is 16.6. The molecule has 1 atom stereocenters. The van der Waals surface area contributed by atoms with Crippen LogP contribution in [0.2, 0.25) is 0 Å². The van der Waals surface area contributed by atoms with E-state index in [1.165, 1.54) is 25.3 Å². The summed E-state index contributed by atoms with van der Waals surface area (Å²) >= 11 is 0. The Balaban J connectivity index is 2.85. The van der Waals surface area contributed by atoms with Crippen molar-refractivity contribution in [1.29, 1.82) is 0 Å². The fraction of sp³-hybridized carbons (Fsp3) is 0.300. The number of nitrogens with zero attached hydrogens (tertiary/aromatic N) is 1. The molecule has 1 aromatic carbocycles. The van der Waals surface area contributed by atoms with Crippen molar-refractivity contribution in [3.05, 3.63) is 28.3 Å². The van der Waals surface area contributed by atoms with E-state index in [0.717, 1.165) is 0 Å². The average Bonchev–Trinajstić information content (AvgIpc) is 2.35. The predicted octanol–water partition coefficient (Wildman–Crippen LogP) is -0.139. The highest BCUT2D eigenvalue weighted by Crippen LogP contribution is 2.25. The summed E-state index contributed by atoms with van der Waals surface area (Å²) in [6.07, 6.45) is -1.37. The van der Waals surface area contributed by atoms with E-state index < -0.39 is 16.9 Å². The lowest BCUT2D eigenvalue weighted by atomic mass is 10.2. The Morgan fingerprint density at radius 3 is 2.78 bits per heavy atom. The van der Waals surface area contributed by atoms with Crippen molar-refractivity contribution in [3.8, 4) is 5.75 Å². The number of anilines is 1. The number of nitrogens with one attached hydrogen (secondary N) is 1. The number of non-ortho nitro benzene ring substituents is 1. The molecule has 98 valence electrons. The van der Waals surface area contributed by atoms with Crippen LogP contribution in [0.1, 0.15) is 0 Å². The molecule has 8 heteroatoms. The van der Waals surface area contributed by atoms with Gasteiger partial charge in [-0.2, -0.15) is 0 Å². The molecule has 0 spiro atoms. The van der Waals surface area contributed by atoms with Gasteiger partial charge in [-0.25, -0.2) is 0 Å². The summed E-state index contributed by atoms with van der Waals surface area (Å²) < 4.78 is 4.90. The Morgan fingerprint density at radius 2 is 2.28 bits per heavy atom. The Bertz CT molecular complexity index is 463. The second kappa shape index (κ2) is 5.82. The molecule has 0 fully saturated rings. The van der Waals surface area contributed by atoms with Crippen LogP contribution in [0.25, 0.3) is 0 Å². The molecule has 0 aliphatic heterocycles. The van der Waals surface area contributed by atoms with Crippen molar-refractivity contribution in [1.82, 2.24) is 0 Å². The number of aliphatic hydroxyl groups excluding tert-OH is 1. The fourth-order valence-electron chi connectivity index (χ4n) is 1.22. The van der Waals surface area contributed by atoms with Crippen LogP contribution in [0.3, 0.4) is 0 Å². The maximum atomic E-state index is 10.7. The minimum absolute atomic E-state index is 0.139. The first-order valence-corrected chi connectivity index (χ1v) is 4.98. The van der Waals surface area contributed by atoms with Crippen LogP contribution in [-0.4, -0.2) is 35.7 Å². The van der Waals surface area contributed by atoms with Crippen molar-refractivity contribution < 1.29 is 19.6 Å². The number of primary amides is 1. The van der Waals surface area contributed by atoms with Crippen LogP contribution >= 0.6 is 0 Å². The number of rotatable bonds is 6. The zero-order valence-electron chi connectivity index (χ0n) is 9.62. The van der Waals surface area contributed by atoms with Gasteiger partial charge in [0, 0.05) is 24.4 Å². The minimum Gasteiger partial charge on any atom is -0.496 e. The van der Waals surface area contributed by atoms with E-state index in [4.69, 9.17) is 10.5 Å². The van der Waals surface area contributed by atoms with Crippen LogP contribution in [0.5, 0.6) is 5.75 Å². The molecular formula is C10H13N3O5. The summed E-state index contributed by atoms with van der Waals surface area (Å²) in [4.78, 5) is 20.7. The van der Waals surface area contributed by atoms with Gasteiger partial charge < -0.3 is 20.9 Å². The van der Waals surface area contributed by atoms with E-state index in [1.54, 1.807) is 0 Å². The maximum Gasteiger partial charge on any atom is 0.275 e. The molecule has 8 nitrogen and oxygen atoms in total. The Hall–Kier alpha value is -2.35. The molecule has 0 aliphatic carbocycles. The topological polar surface area (TPSA) is 128 Å². The largest absolute Gasteiger partial charge is 0.496 e. The maximum absolute atomic E-state index is 10.7. The Morgan fingerprint density at radius 1 is 1.61 bits per heavy atom. The van der Waals surface area contributed by atoms with Gasteiger partial charge in [-0.15, -0.1) is 0 Å². The molecule has 1 rings (SSSR count). The second-order valence-electron chi connectivity index (χ2n) is 3.48. The quantitative estimate of drug-likeness (QED) is 0.479. The van der Waals surface area contributed by atoms with Gasteiger partial charge in [-0.1, -0.05) is 0 Å². The number of aliphatic hydroxyl groups is 1. The number of hydrogen-bond donors (Lipinski definition) is 3. The van der Waals surface area contributed by atoms with E-state index in [1.807, 2.05) is 0 Å². The third-order valence-corrected chi connectivity index (χ3v) is 2.17. The Labute approximate surface area is 103 Å². The van der Waals surface area contributed by atoms with E-state index in [0.29, 0.717) is 11.4 Å². The zero-order chi connectivity index (χ0) is 13.7. The normalized spacial score (nSPS) is 11.7. The predicted molar refractivity (Wildman–Crippen MR) is 63.3 cm³/mol. The fourth-order valence-corrected chi connectivity index (χ4v) is 1.22. The first-order valence-electron chi connectivity index (χ1n) is 4.98. The molecule has 0 aromatic heterocycles. The van der Waals surface area contributed by atoms with Gasteiger partial charge in [0.25, 0.3) is 5.69 Å². The summed E-state index contributed by atoms with van der Waals surface area (Å²) in [5.41, 5.74) is 5.06. The van der Waals surface area contributed by atoms with Crippen LogP contribution in [-0.2, 0) is 4.79 Å². The number of hydrogen-bond acceptors (Lipinski definition) is 6. The third kappa shape index (κ3) is 3.59. The van der Waals surface area contributed by atoms with Gasteiger partial charge in [0.05, 0.1) is 18.1 Å². The number of carbonyl (C=O) groups is 1. The summed E-state index contributed by atoms with van der Waals surface area (Å²) in [5, 5.41) is 22.5. The number of carbonyl (C=O) groups excluding carboxylic acids is 1. The molecule has 0 radical (unpaired) electrons. The second-order valence-corrected chi connectivity index (χ2v) is 3.48. The van der Waals surface area contributed by atoms with E-state index >= 15 is 0 Å². The van der Waals surface area contributed by atoms with Gasteiger partial charge in [0.15, 0.2) is 0 Å². The third-order valence-electron chi connectivity index (χ3n) is 2.17. The lowest BCUT2D eigenvalue weighted by Gasteiger charge is -2.10. The van der Waals surface area contributed by atoms with Gasteiger partial charge >= 0.3 is 0 Å². The summed E-state index contributed by atoms with van der Waals surface area (Å²) in [6, 6.07) is 4.02. The number of nitro groups is 1. The number of nitrogens with two attached hydrogens (primary N) is 1. The molecule has 1 aromatic rings. The van der Waals surface area contributed by atoms with E-state index in [2.05, 4.69) is 5.32 Å². The monoisotopic (exact) mass is 255 g/mol. The van der Waals surface area contributed by atoms with Crippen molar-refractivity contribution in [2.24, 2.45) is 5.73 Å². The molecule has 0 heterocycles. The van der Waals surface area contributed by atoms with Gasteiger partial charge in [-0.05, 0) is 0 Å². The van der Waals surface area contributed by atoms with E-state index in [9.17, 15) is 20.0 Å². The van der Waals surface area contributed by atoms with Crippen LogP contribution in [0, 0.1) is 10.1 Å². The molecule has 1 amide bonds. The van der Waals surface area contributed by atoms with Crippen molar-refractivity contribution in [3.63, 3.8) is 0 Å². The van der Waals surface area contributed by atoms with Crippen LogP contribution in [0.4, 0.5) is 11.4 Å². The standard InChI is InChI=1S/C10H13N3O5/c1-18-8-3-6(2-7(4-8)13(16)17)12-5-9(14)10(11)15/h2-4,9,12,14H,5H2,1H3,(H2,11,15). The number of amides is 1. The Kier molecular flexibility index (Phi) is 4.44. The number of methoxy groups -OCH3 is 1. The molecule has 4 N–H and O–H groups in total. The number of ether oxygens (including phenoxy) is 1. The van der Waals surface area contributed by atoms with Crippen molar-refractivity contribution >= 4 is 17.3 Å². The molecular weight excluding hydrogens is 242 g/mol. The SMILES string of the molecule is COc1cc(NCC(O)C(N)=O)cc([N+](=O)[O-])c1. The first kappa shape index (κ1) is 13.7. The number of benzene rings is 1. The first-order chi connectivity index (χ1) is 8.43. The van der Waals surface area contributed by atoms with Crippen molar-refractivity contribution in [2.75, 3.05) is 19.0 Å². The lowest BCUT2D eigenvalue weighted by Crippen LogP contribution is -2.34. The number of nitro benzene ring substituents is 1. The van der Waals surface area contributed by atoms with Crippen LogP contribution < -0.4 is 15.8 Å². The van der Waals surface area contributed by atoms with Gasteiger partial charge in [0.2, 0.25) is 5.91 Å². The summed E-state index contributed by atoms with van der Waals surface area (Å²) in [5.74, 6) is -0.583. The molecule has 18 heavy (non-hydrogen) atoms. The zero-order valence-corrected chi connectivity index (χ0v) is 9.62. The summed E-state index contributed by atoms with van der Waals surface area (Å²) in [6.45, 7) is -0.139. The van der Waals surface area contributed by atoms with E-state index in [-0.39, 0.29) is 12.2 Å². The molecule has 1 unspecified atom stereocenters. The van der Waals surface area contributed by atoms with Gasteiger partial charge in [0.1, 0.15) is 11.9 Å². The van der Waals surface area contributed by atoms with Crippen molar-refractivity contribution in [2.45, 2.75) is 6.10 Å². The highest BCUT2D eigenvalue weighted by molar-refractivity contribution is 5.79. The minimum atomic E-state index is -1.37. The molecule has 0 saturated heterocycles. The average molecular weight is 255 g/mol. The highest BCUT2D eigenvalue weighted by Gasteiger charge is 2.13. The van der Waals surface area contributed by atoms with Gasteiger partial charge in [-0.3, -0.25) is 14.9 Å². The van der Waals surface area contributed by atoms with Crippen LogP contribution in [0.15, 0.2) is 18.2 Å². The molecule has 0 aliphatic rings.